The summed E-state index contributed by atoms with van der Waals surface area (Å²) in [7, 11) is 0. The molecule has 0 unspecified atom stereocenters. The summed E-state index contributed by atoms with van der Waals surface area (Å²) in [6.45, 7) is 16.2. The second kappa shape index (κ2) is 6.42. The molecule has 0 N–H and O–H groups in total. The van der Waals surface area contributed by atoms with Crippen molar-refractivity contribution in [1.29, 1.82) is 0 Å². The van der Waals surface area contributed by atoms with Gasteiger partial charge in [0.15, 0.2) is 0 Å². The zero-order valence-electron chi connectivity index (χ0n) is 9.98. The molecule has 14 heavy (non-hydrogen) atoms. The molecule has 0 amide bonds. The molecular formula is C14H22. The maximum absolute atomic E-state index is 4.01. The third-order valence-corrected chi connectivity index (χ3v) is 2.28. The van der Waals surface area contributed by atoms with E-state index in [2.05, 4.69) is 46.9 Å². The predicted molar refractivity (Wildman–Crippen MR) is 66.4 cm³/mol. The van der Waals surface area contributed by atoms with Crippen LogP contribution in [0.5, 0.6) is 0 Å². The van der Waals surface area contributed by atoms with Gasteiger partial charge < -0.3 is 0 Å². The van der Waals surface area contributed by atoms with Crippen molar-refractivity contribution < 1.29 is 0 Å². The van der Waals surface area contributed by atoms with Gasteiger partial charge in [0.2, 0.25) is 0 Å². The molecule has 0 radical (unpaired) electrons. The van der Waals surface area contributed by atoms with E-state index < -0.39 is 0 Å². The second-order valence-electron chi connectivity index (χ2n) is 3.79. The summed E-state index contributed by atoms with van der Waals surface area (Å²) in [6, 6.07) is 0. The molecule has 0 heteroatoms. The van der Waals surface area contributed by atoms with Gasteiger partial charge in [-0.1, -0.05) is 29.9 Å². The molecule has 0 aromatic carbocycles. The van der Waals surface area contributed by atoms with Crippen LogP contribution in [0.15, 0.2) is 47.6 Å². The van der Waals surface area contributed by atoms with E-state index in [0.29, 0.717) is 0 Å². The zero-order valence-corrected chi connectivity index (χ0v) is 9.98. The molecule has 0 fully saturated rings. The van der Waals surface area contributed by atoms with Crippen LogP contribution in [0.2, 0.25) is 0 Å². The molecule has 0 spiro atoms. The Kier molecular flexibility index (Phi) is 5.94. The highest BCUT2D eigenvalue weighted by atomic mass is 14.1. The Morgan fingerprint density at radius 1 is 1.21 bits per heavy atom. The Balaban J connectivity index is 4.93. The molecule has 0 aliphatic carbocycles. The molecule has 0 saturated heterocycles. The van der Waals surface area contributed by atoms with Crippen LogP contribution in [0, 0.1) is 0 Å². The molecule has 0 aliphatic rings. The quantitative estimate of drug-likeness (QED) is 0.431. The van der Waals surface area contributed by atoms with Crippen LogP contribution in [0.4, 0.5) is 0 Å². The Hall–Kier alpha value is -1.04. The van der Waals surface area contributed by atoms with Crippen molar-refractivity contribution in [3.8, 4) is 0 Å². The van der Waals surface area contributed by atoms with Gasteiger partial charge in [-0.3, -0.25) is 0 Å². The van der Waals surface area contributed by atoms with Crippen molar-refractivity contribution in [2.75, 3.05) is 0 Å². The predicted octanol–water partition coefficient (Wildman–Crippen LogP) is 4.81. The summed E-state index contributed by atoms with van der Waals surface area (Å²) >= 11 is 0. The van der Waals surface area contributed by atoms with Crippen LogP contribution in [0.1, 0.15) is 40.5 Å². The van der Waals surface area contributed by atoms with Crippen LogP contribution in [-0.4, -0.2) is 0 Å². The molecule has 0 aliphatic heterocycles. The average Bonchev–Trinajstić information content (AvgIpc) is 2.10. The summed E-state index contributed by atoms with van der Waals surface area (Å²) < 4.78 is 0. The number of rotatable bonds is 5. The summed E-state index contributed by atoms with van der Waals surface area (Å²) in [5, 5.41) is 0. The van der Waals surface area contributed by atoms with E-state index in [1.54, 1.807) is 0 Å². The third-order valence-electron chi connectivity index (χ3n) is 2.28. The lowest BCUT2D eigenvalue weighted by Gasteiger charge is -2.13. The monoisotopic (exact) mass is 190 g/mol. The Bertz CT molecular complexity index is 270. The zero-order chi connectivity index (χ0) is 11.1. The molecule has 0 aromatic heterocycles. The van der Waals surface area contributed by atoms with Crippen molar-refractivity contribution in [2.45, 2.75) is 40.5 Å². The highest BCUT2D eigenvalue weighted by Gasteiger charge is 2.05. The van der Waals surface area contributed by atoms with Crippen molar-refractivity contribution in [3.63, 3.8) is 0 Å². The summed E-state index contributed by atoms with van der Waals surface area (Å²) in [6.07, 6.45) is 6.21. The topological polar surface area (TPSA) is 0 Å². The molecule has 0 rings (SSSR count). The first-order valence-electron chi connectivity index (χ1n) is 5.14. The largest absolute Gasteiger partial charge is 0.103 e. The van der Waals surface area contributed by atoms with Crippen LogP contribution in [0.25, 0.3) is 0 Å². The van der Waals surface area contributed by atoms with E-state index in [4.69, 9.17) is 0 Å². The van der Waals surface area contributed by atoms with Gasteiger partial charge in [-0.05, 0) is 51.7 Å². The number of allylic oxidation sites excluding steroid dienone is 6. The molecule has 0 heterocycles. The molecule has 0 bridgehead atoms. The van der Waals surface area contributed by atoms with Gasteiger partial charge in [0.05, 0.1) is 0 Å². The van der Waals surface area contributed by atoms with Crippen LogP contribution < -0.4 is 0 Å². The van der Waals surface area contributed by atoms with E-state index in [1.807, 2.05) is 6.08 Å². The minimum atomic E-state index is 1.03. The SMILES string of the molecule is C=CCCC(=C(C)C)/C(=C\C)C(=C)C. The van der Waals surface area contributed by atoms with Gasteiger partial charge in [-0.25, -0.2) is 0 Å². The normalized spacial score (nSPS) is 11.0. The Morgan fingerprint density at radius 3 is 2.07 bits per heavy atom. The van der Waals surface area contributed by atoms with E-state index >= 15 is 0 Å². The van der Waals surface area contributed by atoms with Crippen LogP contribution in [0.3, 0.4) is 0 Å². The van der Waals surface area contributed by atoms with E-state index in [1.165, 1.54) is 16.7 Å². The van der Waals surface area contributed by atoms with Crippen LogP contribution >= 0.6 is 0 Å². The van der Waals surface area contributed by atoms with Gasteiger partial charge in [0, 0.05) is 0 Å². The number of hydrogen-bond acceptors (Lipinski definition) is 0. The van der Waals surface area contributed by atoms with Crippen molar-refractivity contribution in [3.05, 3.63) is 47.6 Å². The second-order valence-corrected chi connectivity index (χ2v) is 3.79. The fourth-order valence-electron chi connectivity index (χ4n) is 1.58. The van der Waals surface area contributed by atoms with E-state index in [0.717, 1.165) is 18.4 Å². The molecule has 0 atom stereocenters. The standard InChI is InChI=1S/C14H22/c1-7-9-10-14(12(5)6)13(8-2)11(3)4/h7-8H,1,3,9-10H2,2,4-6H3/b13-8-. The fourth-order valence-corrected chi connectivity index (χ4v) is 1.58. The smallest absolute Gasteiger partial charge is 0.0239 e. The van der Waals surface area contributed by atoms with Crippen LogP contribution in [-0.2, 0) is 0 Å². The van der Waals surface area contributed by atoms with Gasteiger partial charge >= 0.3 is 0 Å². The molecule has 0 saturated carbocycles. The highest BCUT2D eigenvalue weighted by Crippen LogP contribution is 2.25. The highest BCUT2D eigenvalue weighted by molar-refractivity contribution is 5.45. The lowest BCUT2D eigenvalue weighted by atomic mass is 9.92. The first kappa shape index (κ1) is 13.0. The Morgan fingerprint density at radius 2 is 1.79 bits per heavy atom. The number of hydrogen-bond donors (Lipinski definition) is 0. The average molecular weight is 190 g/mol. The Labute approximate surface area is 88.7 Å². The first-order chi connectivity index (χ1) is 6.54. The molecular weight excluding hydrogens is 168 g/mol. The van der Waals surface area contributed by atoms with Gasteiger partial charge in [0.1, 0.15) is 0 Å². The third kappa shape index (κ3) is 3.78. The molecule has 0 nitrogen and oxygen atoms in total. The summed E-state index contributed by atoms with van der Waals surface area (Å²) in [5.74, 6) is 0. The lowest BCUT2D eigenvalue weighted by molar-refractivity contribution is 0.965. The summed E-state index contributed by atoms with van der Waals surface area (Å²) in [4.78, 5) is 0. The van der Waals surface area contributed by atoms with Gasteiger partial charge in [0.25, 0.3) is 0 Å². The van der Waals surface area contributed by atoms with Crippen molar-refractivity contribution in [2.24, 2.45) is 0 Å². The minimum absolute atomic E-state index is 1.03. The minimum Gasteiger partial charge on any atom is -0.103 e. The first-order valence-corrected chi connectivity index (χ1v) is 5.14. The maximum Gasteiger partial charge on any atom is -0.0239 e. The van der Waals surface area contributed by atoms with E-state index in [-0.39, 0.29) is 0 Å². The molecule has 0 aromatic rings. The lowest BCUT2D eigenvalue weighted by Crippen LogP contribution is -1.94. The maximum atomic E-state index is 4.01. The van der Waals surface area contributed by atoms with Gasteiger partial charge in [-0.2, -0.15) is 0 Å². The van der Waals surface area contributed by atoms with Gasteiger partial charge in [-0.15, -0.1) is 6.58 Å². The summed E-state index contributed by atoms with van der Waals surface area (Å²) in [5.41, 5.74) is 5.24. The molecule has 78 valence electrons. The fraction of sp³-hybridized carbons (Fsp3) is 0.429. The van der Waals surface area contributed by atoms with Crippen molar-refractivity contribution >= 4 is 0 Å². The van der Waals surface area contributed by atoms with Crippen molar-refractivity contribution in [1.82, 2.24) is 0 Å². The van der Waals surface area contributed by atoms with E-state index in [9.17, 15) is 0 Å².